The number of furan rings is 1. The molecule has 0 amide bonds. The van der Waals surface area contributed by atoms with Gasteiger partial charge in [0.15, 0.2) is 0 Å². The predicted octanol–water partition coefficient (Wildman–Crippen LogP) is 4.72. The molecule has 4 heteroatoms. The van der Waals surface area contributed by atoms with Gasteiger partial charge in [-0.1, -0.05) is 20.8 Å². The first-order valence-electron chi connectivity index (χ1n) is 7.77. The molecule has 0 spiro atoms. The summed E-state index contributed by atoms with van der Waals surface area (Å²) in [7, 11) is 0. The first-order chi connectivity index (χ1) is 10.00. The number of thiazole rings is 1. The zero-order valence-corrected chi connectivity index (χ0v) is 14.1. The number of fused-ring (bicyclic) bond motifs is 1. The van der Waals surface area contributed by atoms with Crippen molar-refractivity contribution in [1.82, 2.24) is 10.3 Å². The Morgan fingerprint density at radius 1 is 1.48 bits per heavy atom. The number of aryl methyl sites for hydroxylation is 1. The van der Waals surface area contributed by atoms with Crippen molar-refractivity contribution < 1.29 is 4.42 Å². The molecule has 0 saturated carbocycles. The van der Waals surface area contributed by atoms with E-state index in [4.69, 9.17) is 9.40 Å². The van der Waals surface area contributed by atoms with Gasteiger partial charge in [-0.2, -0.15) is 0 Å². The fraction of sp³-hybridized carbons (Fsp3) is 0.588. The van der Waals surface area contributed by atoms with Crippen molar-refractivity contribution in [1.29, 1.82) is 0 Å². The van der Waals surface area contributed by atoms with Crippen LogP contribution in [0.15, 0.2) is 16.7 Å². The van der Waals surface area contributed by atoms with Gasteiger partial charge in [0, 0.05) is 10.9 Å². The quantitative estimate of drug-likeness (QED) is 0.887. The topological polar surface area (TPSA) is 38.1 Å². The van der Waals surface area contributed by atoms with Crippen molar-refractivity contribution in [2.75, 3.05) is 6.54 Å². The van der Waals surface area contributed by atoms with Gasteiger partial charge in [0.2, 0.25) is 0 Å². The average molecular weight is 304 g/mol. The van der Waals surface area contributed by atoms with E-state index in [0.717, 1.165) is 29.3 Å². The zero-order valence-electron chi connectivity index (χ0n) is 13.3. The Bertz CT molecular complexity index is 627. The van der Waals surface area contributed by atoms with E-state index >= 15 is 0 Å². The summed E-state index contributed by atoms with van der Waals surface area (Å²) in [4.78, 5) is 6.36. The molecule has 3 nitrogen and oxygen atoms in total. The van der Waals surface area contributed by atoms with E-state index in [1.54, 1.807) is 6.26 Å². The second-order valence-corrected chi connectivity index (χ2v) is 7.80. The summed E-state index contributed by atoms with van der Waals surface area (Å²) in [5.41, 5.74) is 2.73. The minimum atomic E-state index is 0.315. The molecule has 1 atom stereocenters. The molecular formula is C17H24N2OS. The van der Waals surface area contributed by atoms with E-state index in [9.17, 15) is 0 Å². The molecule has 0 bridgehead atoms. The van der Waals surface area contributed by atoms with Crippen LogP contribution in [0.5, 0.6) is 0 Å². The monoisotopic (exact) mass is 304 g/mol. The molecule has 1 N–H and O–H groups in total. The highest BCUT2D eigenvalue weighted by Crippen LogP contribution is 2.45. The van der Waals surface area contributed by atoms with Crippen LogP contribution in [-0.2, 0) is 6.42 Å². The average Bonchev–Trinajstić information content (AvgIpc) is 3.00. The summed E-state index contributed by atoms with van der Waals surface area (Å²) in [5, 5.41) is 4.81. The highest BCUT2D eigenvalue weighted by Gasteiger charge is 2.35. The molecule has 3 rings (SSSR count). The fourth-order valence-corrected chi connectivity index (χ4v) is 4.37. The van der Waals surface area contributed by atoms with E-state index in [0.29, 0.717) is 11.5 Å². The normalized spacial score (nSPS) is 20.5. The first kappa shape index (κ1) is 14.8. The van der Waals surface area contributed by atoms with Crippen LogP contribution in [0.4, 0.5) is 0 Å². The summed E-state index contributed by atoms with van der Waals surface area (Å²) in [6, 6.07) is 2.47. The maximum atomic E-state index is 5.43. The highest BCUT2D eigenvalue weighted by molar-refractivity contribution is 7.15. The summed E-state index contributed by atoms with van der Waals surface area (Å²) in [6.45, 7) is 9.98. The molecule has 0 aliphatic heterocycles. The molecule has 2 aromatic heterocycles. The number of nitrogens with one attached hydrogen (secondary N) is 1. The van der Waals surface area contributed by atoms with Gasteiger partial charge >= 0.3 is 0 Å². The Morgan fingerprint density at radius 2 is 2.29 bits per heavy atom. The van der Waals surface area contributed by atoms with Gasteiger partial charge in [-0.05, 0) is 44.2 Å². The minimum Gasteiger partial charge on any atom is -0.469 e. The molecule has 2 aromatic rings. The molecule has 0 radical (unpaired) electrons. The van der Waals surface area contributed by atoms with Gasteiger partial charge in [-0.15, -0.1) is 11.3 Å². The van der Waals surface area contributed by atoms with Crippen molar-refractivity contribution in [2.24, 2.45) is 5.41 Å². The number of hydrogen-bond donors (Lipinski definition) is 1. The molecule has 1 aliphatic carbocycles. The molecule has 0 fully saturated rings. The number of hydrogen-bond acceptors (Lipinski definition) is 4. The molecule has 1 aliphatic rings. The second-order valence-electron chi connectivity index (χ2n) is 6.77. The van der Waals surface area contributed by atoms with Crippen LogP contribution >= 0.6 is 11.3 Å². The molecule has 0 aromatic carbocycles. The van der Waals surface area contributed by atoms with Crippen LogP contribution in [0.2, 0.25) is 0 Å². The van der Waals surface area contributed by atoms with Crippen molar-refractivity contribution in [3.05, 3.63) is 28.7 Å². The third kappa shape index (κ3) is 2.92. The lowest BCUT2D eigenvalue weighted by molar-refractivity contribution is 0.258. The largest absolute Gasteiger partial charge is 0.469 e. The van der Waals surface area contributed by atoms with Crippen LogP contribution in [-0.4, -0.2) is 11.5 Å². The maximum absolute atomic E-state index is 5.43. The molecule has 0 saturated heterocycles. The van der Waals surface area contributed by atoms with Crippen molar-refractivity contribution in [3.63, 3.8) is 0 Å². The van der Waals surface area contributed by atoms with Gasteiger partial charge in [-0.3, -0.25) is 0 Å². The number of rotatable bonds is 4. The standard InChI is InChI=1S/C17H24N2OS/c1-5-7-18-13-9-17(3,4)10-14-15(13)21-16(19-14)12-6-8-20-11(12)2/h6,8,13,18H,5,7,9-10H2,1-4H3. The summed E-state index contributed by atoms with van der Waals surface area (Å²) >= 11 is 1.83. The molecular weight excluding hydrogens is 280 g/mol. The number of aromatic nitrogens is 1. The van der Waals surface area contributed by atoms with Crippen LogP contribution in [0.25, 0.3) is 10.6 Å². The Balaban J connectivity index is 1.97. The lowest BCUT2D eigenvalue weighted by Gasteiger charge is -2.34. The molecule has 1 unspecified atom stereocenters. The van der Waals surface area contributed by atoms with Gasteiger partial charge in [0.05, 0.1) is 17.5 Å². The van der Waals surface area contributed by atoms with Crippen molar-refractivity contribution in [3.8, 4) is 10.6 Å². The minimum absolute atomic E-state index is 0.315. The third-order valence-electron chi connectivity index (χ3n) is 4.18. The van der Waals surface area contributed by atoms with Gasteiger partial charge in [-0.25, -0.2) is 4.98 Å². The summed E-state index contributed by atoms with van der Waals surface area (Å²) < 4.78 is 5.43. The van der Waals surface area contributed by atoms with Gasteiger partial charge in [0.1, 0.15) is 10.8 Å². The SMILES string of the molecule is CCCNC1CC(C)(C)Cc2nc(-c3ccoc3C)sc21. The lowest BCUT2D eigenvalue weighted by Crippen LogP contribution is -2.33. The summed E-state index contributed by atoms with van der Waals surface area (Å²) in [6.07, 6.45) is 5.17. The van der Waals surface area contributed by atoms with Crippen LogP contribution in [0.1, 0.15) is 56.0 Å². The summed E-state index contributed by atoms with van der Waals surface area (Å²) in [5.74, 6) is 0.957. The smallest absolute Gasteiger partial charge is 0.127 e. The van der Waals surface area contributed by atoms with E-state index in [2.05, 4.69) is 26.1 Å². The van der Waals surface area contributed by atoms with Crippen LogP contribution in [0, 0.1) is 12.3 Å². The van der Waals surface area contributed by atoms with Crippen LogP contribution < -0.4 is 5.32 Å². The zero-order chi connectivity index (χ0) is 15.0. The van der Waals surface area contributed by atoms with Gasteiger partial charge in [0.25, 0.3) is 0 Å². The Hall–Kier alpha value is -1.13. The molecule has 2 heterocycles. The van der Waals surface area contributed by atoms with E-state index in [1.165, 1.54) is 23.4 Å². The Labute approximate surface area is 130 Å². The highest BCUT2D eigenvalue weighted by atomic mass is 32.1. The second kappa shape index (κ2) is 5.58. The maximum Gasteiger partial charge on any atom is 0.127 e. The fourth-order valence-electron chi connectivity index (χ4n) is 3.14. The predicted molar refractivity (Wildman–Crippen MR) is 87.7 cm³/mol. The Morgan fingerprint density at radius 3 is 2.95 bits per heavy atom. The molecule has 114 valence electrons. The third-order valence-corrected chi connectivity index (χ3v) is 5.42. The number of nitrogens with zero attached hydrogens (tertiary/aromatic N) is 1. The van der Waals surface area contributed by atoms with E-state index < -0.39 is 0 Å². The van der Waals surface area contributed by atoms with Crippen LogP contribution in [0.3, 0.4) is 0 Å². The van der Waals surface area contributed by atoms with Gasteiger partial charge < -0.3 is 9.73 Å². The Kier molecular flexibility index (Phi) is 3.93. The van der Waals surface area contributed by atoms with E-state index in [-0.39, 0.29) is 0 Å². The van der Waals surface area contributed by atoms with E-state index in [1.807, 2.05) is 24.3 Å². The first-order valence-corrected chi connectivity index (χ1v) is 8.59. The van der Waals surface area contributed by atoms with Crippen molar-refractivity contribution >= 4 is 11.3 Å². The van der Waals surface area contributed by atoms with Crippen molar-refractivity contribution in [2.45, 2.75) is 53.0 Å². The lowest BCUT2D eigenvalue weighted by atomic mass is 9.76. The molecule has 21 heavy (non-hydrogen) atoms.